The molecule has 0 radical (unpaired) electrons. The van der Waals surface area contributed by atoms with Crippen LogP contribution in [0.2, 0.25) is 0 Å². The van der Waals surface area contributed by atoms with Gasteiger partial charge in [-0.3, -0.25) is 4.79 Å². The van der Waals surface area contributed by atoms with Crippen molar-refractivity contribution in [3.63, 3.8) is 0 Å². The molecule has 160 valence electrons. The molecule has 1 amide bonds. The summed E-state index contributed by atoms with van der Waals surface area (Å²) in [5.74, 6) is 0.707. The molecule has 1 fully saturated rings. The van der Waals surface area contributed by atoms with Gasteiger partial charge in [-0.25, -0.2) is 8.42 Å². The molecule has 1 heterocycles. The van der Waals surface area contributed by atoms with Crippen molar-refractivity contribution < 1.29 is 17.9 Å². The lowest BCUT2D eigenvalue weighted by Gasteiger charge is -2.35. The maximum atomic E-state index is 12.9. The van der Waals surface area contributed by atoms with Crippen molar-refractivity contribution in [3.05, 3.63) is 59.7 Å². The second-order valence-corrected chi connectivity index (χ2v) is 9.84. The Labute approximate surface area is 178 Å². The van der Waals surface area contributed by atoms with E-state index < -0.39 is 16.1 Å². The molecule has 6 nitrogen and oxygen atoms in total. The maximum absolute atomic E-state index is 12.9. The fourth-order valence-electron chi connectivity index (χ4n) is 4.25. The second kappa shape index (κ2) is 8.78. The number of benzene rings is 2. The number of nitrogens with zero attached hydrogens (tertiary/aromatic N) is 2. The van der Waals surface area contributed by atoms with E-state index in [9.17, 15) is 13.2 Å². The molecule has 1 aliphatic carbocycles. The van der Waals surface area contributed by atoms with Gasteiger partial charge >= 0.3 is 0 Å². The summed E-state index contributed by atoms with van der Waals surface area (Å²) in [4.78, 5) is 14.9. The molecule has 0 unspecified atom stereocenters. The predicted molar refractivity (Wildman–Crippen MR) is 115 cm³/mol. The van der Waals surface area contributed by atoms with Crippen LogP contribution in [0.3, 0.4) is 0 Å². The van der Waals surface area contributed by atoms with Gasteiger partial charge in [-0.15, -0.1) is 0 Å². The number of fused-ring (bicyclic) bond motifs is 1. The van der Waals surface area contributed by atoms with E-state index in [1.165, 1.54) is 21.9 Å². The summed E-state index contributed by atoms with van der Waals surface area (Å²) in [6, 6.07) is 14.5. The molecule has 2 aliphatic rings. The third-order valence-electron chi connectivity index (χ3n) is 5.94. The van der Waals surface area contributed by atoms with Crippen LogP contribution in [-0.2, 0) is 27.7 Å². The summed E-state index contributed by atoms with van der Waals surface area (Å²) in [5.41, 5.74) is 2.54. The summed E-state index contributed by atoms with van der Waals surface area (Å²) in [6.07, 6.45) is 3.79. The molecule has 2 aromatic rings. The SMILES string of the molecule is C[C@@H](Oc1cccc2c1CCCC2)C(=O)N1CCN(S(=O)(=O)c2ccccc2)CC1. The Balaban J connectivity index is 1.38. The molecular formula is C23H28N2O4S. The lowest BCUT2D eigenvalue weighted by molar-refractivity contribution is -0.139. The average molecular weight is 429 g/mol. The molecular weight excluding hydrogens is 400 g/mol. The van der Waals surface area contributed by atoms with Crippen LogP contribution in [0.25, 0.3) is 0 Å². The van der Waals surface area contributed by atoms with Gasteiger partial charge in [-0.1, -0.05) is 30.3 Å². The third kappa shape index (κ3) is 4.23. The molecule has 0 N–H and O–H groups in total. The first-order valence-electron chi connectivity index (χ1n) is 10.6. The summed E-state index contributed by atoms with van der Waals surface area (Å²) < 4.78 is 33.1. The lowest BCUT2D eigenvalue weighted by atomic mass is 9.91. The smallest absolute Gasteiger partial charge is 0.263 e. The van der Waals surface area contributed by atoms with Crippen molar-refractivity contribution in [2.45, 2.75) is 43.6 Å². The highest BCUT2D eigenvalue weighted by Crippen LogP contribution is 2.30. The van der Waals surface area contributed by atoms with Gasteiger partial charge in [-0.2, -0.15) is 4.31 Å². The van der Waals surface area contributed by atoms with Crippen LogP contribution >= 0.6 is 0 Å². The number of piperazine rings is 1. The largest absolute Gasteiger partial charge is 0.481 e. The van der Waals surface area contributed by atoms with Gasteiger partial charge in [0.25, 0.3) is 5.91 Å². The van der Waals surface area contributed by atoms with Crippen LogP contribution in [0.5, 0.6) is 5.75 Å². The maximum Gasteiger partial charge on any atom is 0.263 e. The molecule has 0 aromatic heterocycles. The normalized spacial score (nSPS) is 18.5. The molecule has 0 bridgehead atoms. The number of carbonyl (C=O) groups is 1. The van der Waals surface area contributed by atoms with Crippen molar-refractivity contribution in [2.75, 3.05) is 26.2 Å². The molecule has 7 heteroatoms. The van der Waals surface area contributed by atoms with Gasteiger partial charge in [0.2, 0.25) is 10.0 Å². The minimum atomic E-state index is -3.53. The molecule has 4 rings (SSSR count). The lowest BCUT2D eigenvalue weighted by Crippen LogP contribution is -2.53. The molecule has 0 spiro atoms. The second-order valence-electron chi connectivity index (χ2n) is 7.90. The van der Waals surface area contributed by atoms with Gasteiger partial charge < -0.3 is 9.64 Å². The van der Waals surface area contributed by atoms with E-state index in [2.05, 4.69) is 6.07 Å². The number of hydrogen-bond donors (Lipinski definition) is 0. The Morgan fingerprint density at radius 3 is 2.37 bits per heavy atom. The van der Waals surface area contributed by atoms with E-state index in [1.807, 2.05) is 12.1 Å². The Kier molecular flexibility index (Phi) is 6.11. The van der Waals surface area contributed by atoms with Crippen LogP contribution < -0.4 is 4.74 Å². The van der Waals surface area contributed by atoms with Crippen LogP contribution in [0.4, 0.5) is 0 Å². The Morgan fingerprint density at radius 1 is 0.933 bits per heavy atom. The van der Waals surface area contributed by atoms with E-state index in [0.29, 0.717) is 13.1 Å². The average Bonchev–Trinajstić information content (AvgIpc) is 2.79. The topological polar surface area (TPSA) is 66.9 Å². The first-order valence-corrected chi connectivity index (χ1v) is 12.0. The van der Waals surface area contributed by atoms with E-state index in [4.69, 9.17) is 4.74 Å². The highest BCUT2D eigenvalue weighted by molar-refractivity contribution is 7.89. The molecule has 1 aliphatic heterocycles. The summed E-state index contributed by atoms with van der Waals surface area (Å²) in [5, 5.41) is 0. The summed E-state index contributed by atoms with van der Waals surface area (Å²) >= 11 is 0. The Bertz CT molecular complexity index is 999. The zero-order valence-corrected chi connectivity index (χ0v) is 18.1. The van der Waals surface area contributed by atoms with Gasteiger partial charge in [0.15, 0.2) is 6.10 Å². The van der Waals surface area contributed by atoms with Gasteiger partial charge in [0.05, 0.1) is 4.90 Å². The van der Waals surface area contributed by atoms with Crippen LogP contribution in [0, 0.1) is 0 Å². The highest BCUT2D eigenvalue weighted by Gasteiger charge is 2.32. The Morgan fingerprint density at radius 2 is 1.63 bits per heavy atom. The number of sulfonamides is 1. The molecule has 30 heavy (non-hydrogen) atoms. The number of aryl methyl sites for hydroxylation is 1. The van der Waals surface area contributed by atoms with Crippen LogP contribution in [0.15, 0.2) is 53.4 Å². The molecule has 2 aromatic carbocycles. The highest BCUT2D eigenvalue weighted by atomic mass is 32.2. The molecule has 0 saturated carbocycles. The quantitative estimate of drug-likeness (QED) is 0.735. The molecule has 1 saturated heterocycles. The number of amides is 1. The first-order chi connectivity index (χ1) is 14.5. The summed E-state index contributed by atoms with van der Waals surface area (Å²) in [6.45, 7) is 3.08. The van der Waals surface area contributed by atoms with E-state index >= 15 is 0 Å². The Hall–Kier alpha value is -2.38. The zero-order chi connectivity index (χ0) is 21.1. The van der Waals surface area contributed by atoms with Gasteiger partial charge in [-0.05, 0) is 61.9 Å². The predicted octanol–water partition coefficient (Wildman–Crippen LogP) is 2.87. The van der Waals surface area contributed by atoms with Crippen molar-refractivity contribution >= 4 is 15.9 Å². The standard InChI is InChI=1S/C23H28N2O4S/c1-18(29-22-13-7-9-19-8-5-6-12-21(19)22)23(26)24-14-16-25(17-15-24)30(27,28)20-10-3-2-4-11-20/h2-4,7,9-11,13,18H,5-6,8,12,14-17H2,1H3/t18-/m1/s1. The van der Waals surface area contributed by atoms with E-state index in [1.54, 1.807) is 42.2 Å². The number of carbonyl (C=O) groups excluding carboxylic acids is 1. The fraction of sp³-hybridized carbons (Fsp3) is 0.435. The minimum Gasteiger partial charge on any atom is -0.481 e. The van der Waals surface area contributed by atoms with E-state index in [-0.39, 0.29) is 23.9 Å². The zero-order valence-electron chi connectivity index (χ0n) is 17.3. The van der Waals surface area contributed by atoms with Crippen molar-refractivity contribution in [1.29, 1.82) is 0 Å². The monoisotopic (exact) mass is 428 g/mol. The van der Waals surface area contributed by atoms with Gasteiger partial charge in [0.1, 0.15) is 5.75 Å². The van der Waals surface area contributed by atoms with Crippen LogP contribution in [-0.4, -0.2) is 55.8 Å². The first kappa shape index (κ1) is 20.9. The van der Waals surface area contributed by atoms with Crippen molar-refractivity contribution in [2.24, 2.45) is 0 Å². The van der Waals surface area contributed by atoms with Crippen LogP contribution in [0.1, 0.15) is 30.9 Å². The number of ether oxygens (including phenoxy) is 1. The fourth-order valence-corrected chi connectivity index (χ4v) is 5.69. The van der Waals surface area contributed by atoms with Crippen molar-refractivity contribution in [1.82, 2.24) is 9.21 Å². The van der Waals surface area contributed by atoms with E-state index in [0.717, 1.165) is 25.0 Å². The van der Waals surface area contributed by atoms with Gasteiger partial charge in [0, 0.05) is 26.2 Å². The molecule has 1 atom stereocenters. The third-order valence-corrected chi connectivity index (χ3v) is 7.85. The van der Waals surface area contributed by atoms with Crippen molar-refractivity contribution in [3.8, 4) is 5.75 Å². The summed E-state index contributed by atoms with van der Waals surface area (Å²) in [7, 11) is -3.53. The number of rotatable bonds is 5. The number of hydrogen-bond acceptors (Lipinski definition) is 4. The minimum absolute atomic E-state index is 0.0971.